The number of amides is 1. The number of anilines is 1. The first-order valence-electron chi connectivity index (χ1n) is 5.92. The summed E-state index contributed by atoms with van der Waals surface area (Å²) in [6, 6.07) is 1.14. The van der Waals surface area contributed by atoms with Crippen LogP contribution < -0.4 is 5.32 Å². The van der Waals surface area contributed by atoms with Gasteiger partial charge in [-0.3, -0.25) is 14.9 Å². The molecular weight excluding hydrogens is 289 g/mol. The molecule has 0 aromatic heterocycles. The van der Waals surface area contributed by atoms with E-state index in [2.05, 4.69) is 5.32 Å². The molecule has 0 aliphatic heterocycles. The molecule has 1 unspecified atom stereocenters. The summed E-state index contributed by atoms with van der Waals surface area (Å²) in [4.78, 5) is 23.5. The highest BCUT2D eigenvalue weighted by Gasteiger charge is 2.22. The molecule has 1 rings (SSSR count). The molecule has 6 nitrogen and oxygen atoms in total. The van der Waals surface area contributed by atoms with Gasteiger partial charge in [-0.05, 0) is 19.9 Å². The molecule has 0 saturated heterocycles. The number of halogens is 2. The summed E-state index contributed by atoms with van der Waals surface area (Å²) in [5.74, 6) is -1.11. The molecule has 0 bridgehead atoms. The Morgan fingerprint density at radius 2 is 2.20 bits per heavy atom. The molecule has 0 aliphatic rings. The zero-order valence-corrected chi connectivity index (χ0v) is 12.1. The number of hydrogen-bond donors (Lipinski definition) is 1. The Kier molecular flexibility index (Phi) is 5.26. The second-order valence-corrected chi connectivity index (χ2v) is 4.67. The number of carbonyl (C=O) groups is 1. The van der Waals surface area contributed by atoms with Gasteiger partial charge < -0.3 is 10.2 Å². The van der Waals surface area contributed by atoms with Crippen molar-refractivity contribution in [2.24, 2.45) is 0 Å². The van der Waals surface area contributed by atoms with E-state index in [0.29, 0.717) is 6.54 Å². The third-order valence-electron chi connectivity index (χ3n) is 2.83. The number of nitrogens with zero attached hydrogens (tertiary/aromatic N) is 2. The normalized spacial score (nSPS) is 11.8. The largest absolute Gasteiger partial charge is 0.368 e. The summed E-state index contributed by atoms with van der Waals surface area (Å²) in [5.41, 5.74) is -0.461. The lowest BCUT2D eigenvalue weighted by molar-refractivity contribution is -0.384. The van der Waals surface area contributed by atoms with Crippen molar-refractivity contribution in [3.05, 3.63) is 33.1 Å². The molecule has 1 aromatic rings. The molecule has 0 saturated carbocycles. The standard InChI is InChI=1S/C12H15ClFN3O3/c1-4-16(3)12(18)7(2)15-10-5-8(13)9(14)6-11(10)17(19)20/h5-7,15H,4H2,1-3H3. The second kappa shape index (κ2) is 6.51. The maximum atomic E-state index is 13.3. The third kappa shape index (κ3) is 3.57. The van der Waals surface area contributed by atoms with Crippen molar-refractivity contribution >= 4 is 28.9 Å². The summed E-state index contributed by atoms with van der Waals surface area (Å²) < 4.78 is 13.3. The zero-order valence-electron chi connectivity index (χ0n) is 11.3. The average Bonchev–Trinajstić information content (AvgIpc) is 2.40. The molecule has 1 N–H and O–H groups in total. The highest BCUT2D eigenvalue weighted by Crippen LogP contribution is 2.30. The van der Waals surface area contributed by atoms with E-state index in [1.54, 1.807) is 14.0 Å². The molecule has 8 heteroatoms. The van der Waals surface area contributed by atoms with Crippen molar-refractivity contribution in [2.45, 2.75) is 19.9 Å². The Morgan fingerprint density at radius 1 is 1.60 bits per heavy atom. The van der Waals surface area contributed by atoms with Gasteiger partial charge in [0.25, 0.3) is 5.69 Å². The number of rotatable bonds is 5. The molecule has 110 valence electrons. The lowest BCUT2D eigenvalue weighted by atomic mass is 10.2. The minimum Gasteiger partial charge on any atom is -0.368 e. The van der Waals surface area contributed by atoms with Crippen molar-refractivity contribution in [2.75, 3.05) is 18.9 Å². The lowest BCUT2D eigenvalue weighted by Gasteiger charge is -2.21. The van der Waals surface area contributed by atoms with Crippen molar-refractivity contribution in [3.63, 3.8) is 0 Å². The van der Waals surface area contributed by atoms with Crippen LogP contribution in [-0.2, 0) is 4.79 Å². The maximum absolute atomic E-state index is 13.3. The van der Waals surface area contributed by atoms with Crippen molar-refractivity contribution in [3.8, 4) is 0 Å². The fourth-order valence-corrected chi connectivity index (χ4v) is 1.75. The number of nitro benzene ring substituents is 1. The highest BCUT2D eigenvalue weighted by atomic mass is 35.5. The summed E-state index contributed by atoms with van der Waals surface area (Å²) >= 11 is 5.61. The summed E-state index contributed by atoms with van der Waals surface area (Å²) in [7, 11) is 1.62. The van der Waals surface area contributed by atoms with Crippen LogP contribution in [0.3, 0.4) is 0 Å². The van der Waals surface area contributed by atoms with Crippen molar-refractivity contribution in [1.82, 2.24) is 4.90 Å². The van der Waals surface area contributed by atoms with Crippen LogP contribution in [0.15, 0.2) is 12.1 Å². The highest BCUT2D eigenvalue weighted by molar-refractivity contribution is 6.31. The van der Waals surface area contributed by atoms with E-state index in [9.17, 15) is 19.3 Å². The summed E-state index contributed by atoms with van der Waals surface area (Å²) in [6.45, 7) is 3.88. The first kappa shape index (κ1) is 16.2. The van der Waals surface area contributed by atoms with Crippen LogP contribution in [0.2, 0.25) is 5.02 Å². The average molecular weight is 304 g/mol. The van der Waals surface area contributed by atoms with Gasteiger partial charge in [0.2, 0.25) is 5.91 Å². The number of hydrogen-bond acceptors (Lipinski definition) is 4. The fourth-order valence-electron chi connectivity index (χ4n) is 1.58. The Bertz CT molecular complexity index is 539. The molecule has 0 fully saturated rings. The Balaban J connectivity index is 3.05. The third-order valence-corrected chi connectivity index (χ3v) is 3.12. The van der Waals surface area contributed by atoms with Crippen LogP contribution in [0.25, 0.3) is 0 Å². The van der Waals surface area contributed by atoms with Crippen LogP contribution in [0.4, 0.5) is 15.8 Å². The van der Waals surface area contributed by atoms with Crippen LogP contribution in [0, 0.1) is 15.9 Å². The molecule has 0 heterocycles. The molecule has 0 spiro atoms. The molecular formula is C12H15ClFN3O3. The van der Waals surface area contributed by atoms with Gasteiger partial charge in [-0.1, -0.05) is 11.6 Å². The van der Waals surface area contributed by atoms with Crippen LogP contribution >= 0.6 is 11.6 Å². The summed E-state index contributed by atoms with van der Waals surface area (Å²) in [5, 5.41) is 13.3. The fraction of sp³-hybridized carbons (Fsp3) is 0.417. The molecule has 0 aliphatic carbocycles. The molecule has 1 aromatic carbocycles. The van der Waals surface area contributed by atoms with Gasteiger partial charge in [-0.2, -0.15) is 0 Å². The van der Waals surface area contributed by atoms with Crippen molar-refractivity contribution < 1.29 is 14.1 Å². The second-order valence-electron chi connectivity index (χ2n) is 4.26. The molecule has 1 atom stereocenters. The van der Waals surface area contributed by atoms with E-state index in [4.69, 9.17) is 11.6 Å². The predicted octanol–water partition coefficient (Wildman–Crippen LogP) is 2.67. The number of nitrogens with one attached hydrogen (secondary N) is 1. The smallest absolute Gasteiger partial charge is 0.295 e. The van der Waals surface area contributed by atoms with E-state index >= 15 is 0 Å². The maximum Gasteiger partial charge on any atom is 0.295 e. The SMILES string of the molecule is CCN(C)C(=O)C(C)Nc1cc(Cl)c(F)cc1[N+](=O)[O-]. The van der Waals surface area contributed by atoms with Crippen LogP contribution in [0.5, 0.6) is 0 Å². The number of carbonyl (C=O) groups excluding carboxylic acids is 1. The minimum absolute atomic E-state index is 0.00625. The van der Waals surface area contributed by atoms with Gasteiger partial charge >= 0.3 is 0 Å². The van der Waals surface area contributed by atoms with Crippen LogP contribution in [0.1, 0.15) is 13.8 Å². The van der Waals surface area contributed by atoms with E-state index < -0.39 is 22.5 Å². The Labute approximate surface area is 120 Å². The quantitative estimate of drug-likeness (QED) is 0.670. The van der Waals surface area contributed by atoms with E-state index in [1.165, 1.54) is 4.90 Å². The number of nitro groups is 1. The van der Waals surface area contributed by atoms with Gasteiger partial charge in [-0.25, -0.2) is 4.39 Å². The summed E-state index contributed by atoms with van der Waals surface area (Å²) in [6.07, 6.45) is 0. The lowest BCUT2D eigenvalue weighted by Crippen LogP contribution is -2.38. The first-order valence-corrected chi connectivity index (χ1v) is 6.30. The Hall–Kier alpha value is -1.89. The van der Waals surface area contributed by atoms with Gasteiger partial charge in [0, 0.05) is 13.6 Å². The van der Waals surface area contributed by atoms with Crippen molar-refractivity contribution in [1.29, 1.82) is 0 Å². The molecule has 0 radical (unpaired) electrons. The predicted molar refractivity (Wildman–Crippen MR) is 74.5 cm³/mol. The van der Waals surface area contributed by atoms with E-state index in [-0.39, 0.29) is 16.6 Å². The monoisotopic (exact) mass is 303 g/mol. The molecule has 20 heavy (non-hydrogen) atoms. The van der Waals surface area contributed by atoms with E-state index in [0.717, 1.165) is 12.1 Å². The van der Waals surface area contributed by atoms with Gasteiger partial charge in [-0.15, -0.1) is 0 Å². The number of benzene rings is 1. The van der Waals surface area contributed by atoms with Gasteiger partial charge in [0.1, 0.15) is 17.5 Å². The van der Waals surface area contributed by atoms with Crippen LogP contribution in [-0.4, -0.2) is 35.4 Å². The van der Waals surface area contributed by atoms with E-state index in [1.807, 2.05) is 6.92 Å². The zero-order chi connectivity index (χ0) is 15.4. The minimum atomic E-state index is -0.881. The van der Waals surface area contributed by atoms with Gasteiger partial charge in [0.05, 0.1) is 16.0 Å². The van der Waals surface area contributed by atoms with Gasteiger partial charge in [0.15, 0.2) is 0 Å². The first-order chi connectivity index (χ1) is 9.27. The molecule has 1 amide bonds. The Morgan fingerprint density at radius 3 is 2.70 bits per heavy atom. The topological polar surface area (TPSA) is 75.5 Å². The number of likely N-dealkylation sites (N-methyl/N-ethyl adjacent to an activating group) is 1.